The largest absolute Gasteiger partial charge is 0.497 e. The second-order valence-electron chi connectivity index (χ2n) is 8.96. The molecule has 4 aromatic rings. The van der Waals surface area contributed by atoms with Gasteiger partial charge >= 0.3 is 0 Å². The predicted molar refractivity (Wildman–Crippen MR) is 128 cm³/mol. The molecule has 4 rings (SSSR count). The summed E-state index contributed by atoms with van der Waals surface area (Å²) >= 11 is 0. The maximum Gasteiger partial charge on any atom is 0.228 e. The number of nitrogens with one attached hydrogen (secondary N) is 1. The normalized spacial score (nSPS) is 11.5. The predicted octanol–water partition coefficient (Wildman–Crippen LogP) is 5.12. The van der Waals surface area contributed by atoms with Gasteiger partial charge in [-0.2, -0.15) is 5.10 Å². The van der Waals surface area contributed by atoms with Crippen LogP contribution >= 0.6 is 0 Å². The van der Waals surface area contributed by atoms with E-state index in [4.69, 9.17) is 9.72 Å². The molecule has 1 N–H and O–H groups in total. The number of ether oxygens (including phenoxy) is 1. The molecule has 1 amide bonds. The van der Waals surface area contributed by atoms with Crippen LogP contribution in [0.3, 0.4) is 0 Å². The van der Waals surface area contributed by atoms with Crippen molar-refractivity contribution in [2.75, 3.05) is 12.4 Å². The molecule has 2 aromatic carbocycles. The fourth-order valence-electron chi connectivity index (χ4n) is 3.64. The Hall–Kier alpha value is -3.67. The third-order valence-electron chi connectivity index (χ3n) is 5.45. The summed E-state index contributed by atoms with van der Waals surface area (Å²) in [6.07, 6.45) is 2.14. The Morgan fingerprint density at radius 1 is 1.09 bits per heavy atom. The van der Waals surface area contributed by atoms with Crippen molar-refractivity contribution in [3.8, 4) is 16.9 Å². The van der Waals surface area contributed by atoms with E-state index >= 15 is 0 Å². The fraction of sp³-hybridized carbons (Fsp3) is 0.269. The Morgan fingerprint density at radius 3 is 2.53 bits per heavy atom. The molecule has 32 heavy (non-hydrogen) atoms. The molecule has 0 saturated heterocycles. The van der Waals surface area contributed by atoms with Gasteiger partial charge in [-0.3, -0.25) is 9.48 Å². The number of amides is 1. The lowest BCUT2D eigenvalue weighted by atomic mass is 9.89. The first-order valence-electron chi connectivity index (χ1n) is 10.6. The average molecular weight is 429 g/mol. The summed E-state index contributed by atoms with van der Waals surface area (Å²) in [7, 11) is 3.53. The van der Waals surface area contributed by atoms with Crippen molar-refractivity contribution in [3.05, 3.63) is 72.1 Å². The molecular weight excluding hydrogens is 400 g/mol. The fourth-order valence-corrected chi connectivity index (χ4v) is 3.64. The molecule has 2 aromatic heterocycles. The highest BCUT2D eigenvalue weighted by molar-refractivity contribution is 5.95. The van der Waals surface area contributed by atoms with Crippen LogP contribution in [-0.2, 0) is 23.7 Å². The minimum absolute atomic E-state index is 0.0698. The third kappa shape index (κ3) is 4.49. The topological polar surface area (TPSA) is 69.0 Å². The number of hydrogen-bond acceptors (Lipinski definition) is 4. The summed E-state index contributed by atoms with van der Waals surface area (Å²) in [4.78, 5) is 17.3. The van der Waals surface area contributed by atoms with Crippen molar-refractivity contribution in [2.45, 2.75) is 32.6 Å². The molecule has 0 atom stereocenters. The smallest absolute Gasteiger partial charge is 0.228 e. The Kier molecular flexibility index (Phi) is 5.70. The third-order valence-corrected chi connectivity index (χ3v) is 5.45. The molecule has 6 nitrogen and oxygen atoms in total. The van der Waals surface area contributed by atoms with Gasteiger partial charge in [0.05, 0.1) is 19.7 Å². The zero-order valence-corrected chi connectivity index (χ0v) is 19.1. The highest BCUT2D eigenvalue weighted by Crippen LogP contribution is 2.33. The maximum absolute atomic E-state index is 12.5. The number of benzene rings is 2. The van der Waals surface area contributed by atoms with Gasteiger partial charge in [0.1, 0.15) is 5.75 Å². The molecule has 6 heteroatoms. The van der Waals surface area contributed by atoms with Gasteiger partial charge in [-0.05, 0) is 47.0 Å². The van der Waals surface area contributed by atoms with Gasteiger partial charge in [0.2, 0.25) is 5.91 Å². The van der Waals surface area contributed by atoms with Crippen molar-refractivity contribution in [3.63, 3.8) is 0 Å². The number of carbonyl (C=O) groups is 1. The summed E-state index contributed by atoms with van der Waals surface area (Å²) < 4.78 is 7.04. The van der Waals surface area contributed by atoms with E-state index in [-0.39, 0.29) is 17.7 Å². The van der Waals surface area contributed by atoms with Crippen LogP contribution in [0, 0.1) is 0 Å². The number of aromatic nitrogens is 3. The molecule has 0 spiro atoms. The van der Waals surface area contributed by atoms with Crippen molar-refractivity contribution in [2.24, 2.45) is 7.05 Å². The monoisotopic (exact) mass is 428 g/mol. The number of pyridine rings is 1. The zero-order valence-electron chi connectivity index (χ0n) is 19.1. The minimum Gasteiger partial charge on any atom is -0.497 e. The van der Waals surface area contributed by atoms with Crippen molar-refractivity contribution in [1.29, 1.82) is 0 Å². The second kappa shape index (κ2) is 8.46. The van der Waals surface area contributed by atoms with Gasteiger partial charge in [0, 0.05) is 29.2 Å². The molecule has 0 bridgehead atoms. The van der Waals surface area contributed by atoms with Gasteiger partial charge in [-0.1, -0.05) is 45.0 Å². The summed E-state index contributed by atoms with van der Waals surface area (Å²) in [5.74, 6) is 0.674. The molecule has 2 heterocycles. The number of aryl methyl sites for hydroxylation is 1. The number of fused-ring (bicyclic) bond motifs is 1. The van der Waals surface area contributed by atoms with Gasteiger partial charge in [0.15, 0.2) is 5.65 Å². The molecule has 0 fully saturated rings. The quantitative estimate of drug-likeness (QED) is 0.479. The van der Waals surface area contributed by atoms with E-state index in [0.717, 1.165) is 44.9 Å². The highest BCUT2D eigenvalue weighted by atomic mass is 16.5. The number of rotatable bonds is 5. The number of carbonyl (C=O) groups excluding carboxylic acids is 1. The van der Waals surface area contributed by atoms with E-state index < -0.39 is 0 Å². The SMILES string of the molecule is COc1cccc(CC(=O)Nc2ccc(-c3cc(C(C)(C)C)nc4c3cnn4C)cc2)c1. The lowest BCUT2D eigenvalue weighted by molar-refractivity contribution is -0.115. The van der Waals surface area contributed by atoms with Crippen LogP contribution in [-0.4, -0.2) is 27.8 Å². The average Bonchev–Trinajstić information content (AvgIpc) is 3.14. The Morgan fingerprint density at radius 2 is 1.84 bits per heavy atom. The minimum atomic E-state index is -0.0821. The highest BCUT2D eigenvalue weighted by Gasteiger charge is 2.20. The van der Waals surface area contributed by atoms with Crippen LogP contribution < -0.4 is 10.1 Å². The number of nitrogens with zero attached hydrogens (tertiary/aromatic N) is 3. The second-order valence-corrected chi connectivity index (χ2v) is 8.96. The Balaban J connectivity index is 1.57. The Bertz CT molecular complexity index is 1270. The number of methoxy groups -OCH3 is 1. The van der Waals surface area contributed by atoms with Crippen LogP contribution in [0.1, 0.15) is 32.0 Å². The van der Waals surface area contributed by atoms with Gasteiger partial charge in [-0.25, -0.2) is 4.98 Å². The van der Waals surface area contributed by atoms with E-state index in [9.17, 15) is 4.79 Å². The molecule has 0 saturated carbocycles. The lowest BCUT2D eigenvalue weighted by Crippen LogP contribution is -2.14. The first-order valence-corrected chi connectivity index (χ1v) is 10.6. The van der Waals surface area contributed by atoms with Crippen LogP contribution in [0.4, 0.5) is 5.69 Å². The molecule has 0 aliphatic rings. The molecule has 0 aliphatic heterocycles. The molecule has 0 radical (unpaired) electrons. The summed E-state index contributed by atoms with van der Waals surface area (Å²) in [5.41, 5.74) is 5.60. The van der Waals surface area contributed by atoms with Gasteiger partial charge < -0.3 is 10.1 Å². The summed E-state index contributed by atoms with van der Waals surface area (Å²) in [6, 6.07) is 17.6. The van der Waals surface area contributed by atoms with Crippen LogP contribution in [0.5, 0.6) is 5.75 Å². The molecule has 164 valence electrons. The van der Waals surface area contributed by atoms with E-state index in [1.54, 1.807) is 11.8 Å². The Labute approximate surface area is 188 Å². The zero-order chi connectivity index (χ0) is 22.9. The van der Waals surface area contributed by atoms with Crippen molar-refractivity contribution >= 4 is 22.6 Å². The lowest BCUT2D eigenvalue weighted by Gasteiger charge is -2.19. The van der Waals surface area contributed by atoms with Gasteiger partial charge in [-0.15, -0.1) is 0 Å². The van der Waals surface area contributed by atoms with E-state index in [1.165, 1.54) is 0 Å². The molecular formula is C26H28N4O2. The maximum atomic E-state index is 12.5. The summed E-state index contributed by atoms with van der Waals surface area (Å²) in [6.45, 7) is 6.47. The van der Waals surface area contributed by atoms with Crippen molar-refractivity contribution in [1.82, 2.24) is 14.8 Å². The van der Waals surface area contributed by atoms with E-state index in [0.29, 0.717) is 0 Å². The molecule has 0 unspecified atom stereocenters. The summed E-state index contributed by atoms with van der Waals surface area (Å²) in [5, 5.41) is 8.39. The van der Waals surface area contributed by atoms with E-state index in [1.807, 2.05) is 61.8 Å². The number of anilines is 1. The van der Waals surface area contributed by atoms with E-state index in [2.05, 4.69) is 37.3 Å². The molecule has 0 aliphatic carbocycles. The first-order chi connectivity index (χ1) is 15.2. The van der Waals surface area contributed by atoms with Gasteiger partial charge in [0.25, 0.3) is 0 Å². The number of hydrogen-bond donors (Lipinski definition) is 1. The van der Waals surface area contributed by atoms with Crippen LogP contribution in [0.15, 0.2) is 60.8 Å². The first kappa shape index (κ1) is 21.6. The standard InChI is InChI=1S/C26H28N4O2/c1-26(2,3)23-15-21(22-16-27-30(4)25(22)29-23)18-9-11-19(12-10-18)28-24(31)14-17-7-6-8-20(13-17)32-5/h6-13,15-16H,14H2,1-5H3,(H,28,31). The van der Waals surface area contributed by atoms with Crippen LogP contribution in [0.25, 0.3) is 22.2 Å². The van der Waals surface area contributed by atoms with Crippen LogP contribution in [0.2, 0.25) is 0 Å². The van der Waals surface area contributed by atoms with Crippen molar-refractivity contribution < 1.29 is 9.53 Å².